The van der Waals surface area contributed by atoms with E-state index in [1.807, 2.05) is 0 Å². The van der Waals surface area contributed by atoms with Crippen molar-refractivity contribution in [3.63, 3.8) is 0 Å². The molecule has 0 aliphatic carbocycles. The monoisotopic (exact) mass is 247 g/mol. The third-order valence-electron chi connectivity index (χ3n) is 2.76. The van der Waals surface area contributed by atoms with Crippen LogP contribution in [0.4, 0.5) is 0 Å². The fourth-order valence-corrected chi connectivity index (χ4v) is 1.90. The quantitative estimate of drug-likeness (QED) is 0.508. The van der Waals surface area contributed by atoms with Gasteiger partial charge in [0.05, 0.1) is 17.7 Å². The van der Waals surface area contributed by atoms with Crippen LogP contribution < -0.4 is 0 Å². The smallest absolute Gasteiger partial charge is 0.379 e. The van der Waals surface area contributed by atoms with E-state index in [1.165, 1.54) is 4.57 Å². The van der Waals surface area contributed by atoms with Crippen molar-refractivity contribution in [3.8, 4) is 5.88 Å². The van der Waals surface area contributed by atoms with Gasteiger partial charge < -0.3 is 14.4 Å². The van der Waals surface area contributed by atoms with Crippen LogP contribution in [0.3, 0.4) is 0 Å². The maximum absolute atomic E-state index is 11.9. The lowest BCUT2D eigenvalue weighted by Gasteiger charge is -2.00. The largest absolute Gasteiger partial charge is 0.494 e. The first-order valence-corrected chi connectivity index (χ1v) is 5.55. The molecule has 0 radical (unpaired) electrons. The Hall–Kier alpha value is -2.30. The highest BCUT2D eigenvalue weighted by molar-refractivity contribution is 6.43. The molecule has 0 fully saturated rings. The first kappa shape index (κ1) is 12.2. The summed E-state index contributed by atoms with van der Waals surface area (Å²) in [6.45, 7) is 1.74. The summed E-state index contributed by atoms with van der Waals surface area (Å²) >= 11 is 0. The number of hydrogen-bond donors (Lipinski definition) is 1. The molecule has 0 aliphatic rings. The van der Waals surface area contributed by atoms with E-state index in [9.17, 15) is 14.7 Å². The van der Waals surface area contributed by atoms with Crippen LogP contribution in [-0.4, -0.2) is 28.0 Å². The van der Waals surface area contributed by atoms with Gasteiger partial charge in [0.2, 0.25) is 5.88 Å². The average molecular weight is 247 g/mol. The van der Waals surface area contributed by atoms with Crippen molar-refractivity contribution in [2.24, 2.45) is 7.05 Å². The van der Waals surface area contributed by atoms with Gasteiger partial charge in [-0.2, -0.15) is 0 Å². The van der Waals surface area contributed by atoms with Gasteiger partial charge >= 0.3 is 5.97 Å². The van der Waals surface area contributed by atoms with Gasteiger partial charge in [-0.25, -0.2) is 4.79 Å². The predicted octanol–water partition coefficient (Wildman–Crippen LogP) is 1.63. The fourth-order valence-electron chi connectivity index (χ4n) is 1.90. The molecule has 18 heavy (non-hydrogen) atoms. The van der Waals surface area contributed by atoms with Gasteiger partial charge in [0.25, 0.3) is 5.78 Å². The number of hydrogen-bond acceptors (Lipinski definition) is 4. The second-order valence-electron chi connectivity index (χ2n) is 3.82. The van der Waals surface area contributed by atoms with Gasteiger partial charge in [-0.3, -0.25) is 4.79 Å². The molecule has 5 heteroatoms. The number of rotatable bonds is 3. The molecule has 0 saturated heterocycles. The number of fused-ring (bicyclic) bond motifs is 1. The summed E-state index contributed by atoms with van der Waals surface area (Å²) < 4.78 is 6.12. The van der Waals surface area contributed by atoms with Crippen molar-refractivity contribution < 1.29 is 19.4 Å². The minimum Gasteiger partial charge on any atom is -0.494 e. The summed E-state index contributed by atoms with van der Waals surface area (Å²) in [7, 11) is 1.62. The predicted molar refractivity (Wildman–Crippen MR) is 65.5 cm³/mol. The second kappa shape index (κ2) is 4.52. The van der Waals surface area contributed by atoms with Crippen LogP contribution in [0.1, 0.15) is 17.3 Å². The highest BCUT2D eigenvalue weighted by Gasteiger charge is 2.26. The van der Waals surface area contributed by atoms with Gasteiger partial charge in [0.15, 0.2) is 0 Å². The van der Waals surface area contributed by atoms with Crippen molar-refractivity contribution in [2.45, 2.75) is 6.92 Å². The van der Waals surface area contributed by atoms with Crippen molar-refractivity contribution in [1.82, 2.24) is 4.57 Å². The Morgan fingerprint density at radius 1 is 1.33 bits per heavy atom. The molecule has 0 atom stereocenters. The van der Waals surface area contributed by atoms with E-state index in [-0.39, 0.29) is 18.1 Å². The lowest BCUT2D eigenvalue weighted by atomic mass is 10.1. The van der Waals surface area contributed by atoms with Crippen LogP contribution in [0.15, 0.2) is 24.3 Å². The zero-order chi connectivity index (χ0) is 13.3. The number of carbonyl (C=O) groups is 2. The molecular weight excluding hydrogens is 234 g/mol. The van der Waals surface area contributed by atoms with Crippen molar-refractivity contribution in [1.29, 1.82) is 0 Å². The van der Waals surface area contributed by atoms with Gasteiger partial charge in [0, 0.05) is 12.4 Å². The standard InChI is InChI=1S/C13H13NO4/c1-3-18-13(17)11(15)10-8-6-4-5-7-9(8)14(2)12(10)16/h4-7,16H,3H2,1-2H3. The van der Waals surface area contributed by atoms with E-state index in [2.05, 4.69) is 4.74 Å². The zero-order valence-corrected chi connectivity index (χ0v) is 10.1. The van der Waals surface area contributed by atoms with Crippen LogP contribution in [0.2, 0.25) is 0 Å². The maximum Gasteiger partial charge on any atom is 0.379 e. The molecule has 0 unspecified atom stereocenters. The van der Waals surface area contributed by atoms with E-state index in [0.29, 0.717) is 10.9 Å². The Balaban J connectivity index is 2.61. The summed E-state index contributed by atoms with van der Waals surface area (Å²) in [5, 5.41) is 10.5. The van der Waals surface area contributed by atoms with Gasteiger partial charge in [-0.05, 0) is 13.0 Å². The second-order valence-corrected chi connectivity index (χ2v) is 3.82. The van der Waals surface area contributed by atoms with Crippen molar-refractivity contribution in [2.75, 3.05) is 6.61 Å². The molecule has 0 spiro atoms. The number of benzene rings is 1. The van der Waals surface area contributed by atoms with Crippen molar-refractivity contribution >= 4 is 22.7 Å². The van der Waals surface area contributed by atoms with Crippen LogP contribution in [0, 0.1) is 0 Å². The third-order valence-corrected chi connectivity index (χ3v) is 2.76. The summed E-state index contributed by atoms with van der Waals surface area (Å²) in [4.78, 5) is 23.4. The molecule has 0 saturated carbocycles. The maximum atomic E-state index is 11.9. The zero-order valence-electron chi connectivity index (χ0n) is 10.1. The molecule has 1 aromatic heterocycles. The third kappa shape index (κ3) is 1.73. The highest BCUT2D eigenvalue weighted by atomic mass is 16.5. The minimum atomic E-state index is -0.954. The van der Waals surface area contributed by atoms with Gasteiger partial charge in [0.1, 0.15) is 0 Å². The first-order valence-electron chi connectivity index (χ1n) is 5.55. The number of esters is 1. The molecule has 5 nitrogen and oxygen atoms in total. The average Bonchev–Trinajstić information content (AvgIpc) is 2.62. The number of nitrogens with zero attached hydrogens (tertiary/aromatic N) is 1. The topological polar surface area (TPSA) is 68.5 Å². The number of para-hydroxylation sites is 1. The highest BCUT2D eigenvalue weighted by Crippen LogP contribution is 2.30. The molecule has 2 aromatic rings. The normalized spacial score (nSPS) is 10.6. The van der Waals surface area contributed by atoms with Gasteiger partial charge in [-0.15, -0.1) is 0 Å². The molecule has 94 valence electrons. The summed E-state index contributed by atoms with van der Waals surface area (Å²) in [6.07, 6.45) is 0. The number of ether oxygens (including phenoxy) is 1. The molecule has 2 rings (SSSR count). The lowest BCUT2D eigenvalue weighted by Crippen LogP contribution is -2.17. The summed E-state index contributed by atoms with van der Waals surface area (Å²) in [5.74, 6) is -2.01. The molecule has 0 aliphatic heterocycles. The number of carbonyl (C=O) groups excluding carboxylic acids is 2. The Labute approximate surface area is 104 Å². The van der Waals surface area contributed by atoms with E-state index in [4.69, 9.17) is 0 Å². The molecule has 0 bridgehead atoms. The van der Waals surface area contributed by atoms with E-state index in [0.717, 1.165) is 0 Å². The lowest BCUT2D eigenvalue weighted by molar-refractivity contribution is -0.137. The van der Waals surface area contributed by atoms with E-state index < -0.39 is 11.8 Å². The molecule has 0 amide bonds. The van der Waals surface area contributed by atoms with Crippen LogP contribution in [0.25, 0.3) is 10.9 Å². The Bertz CT molecular complexity index is 627. The number of aromatic nitrogens is 1. The number of aryl methyl sites for hydroxylation is 1. The molecular formula is C13H13NO4. The van der Waals surface area contributed by atoms with Crippen molar-refractivity contribution in [3.05, 3.63) is 29.8 Å². The summed E-state index contributed by atoms with van der Waals surface area (Å²) in [6, 6.07) is 6.97. The van der Waals surface area contributed by atoms with E-state index in [1.54, 1.807) is 38.2 Å². The first-order chi connectivity index (χ1) is 8.57. The number of aromatic hydroxyl groups is 1. The van der Waals surface area contributed by atoms with Gasteiger partial charge in [-0.1, -0.05) is 18.2 Å². The van der Waals surface area contributed by atoms with Crippen LogP contribution in [-0.2, 0) is 16.6 Å². The Morgan fingerprint density at radius 3 is 2.67 bits per heavy atom. The Kier molecular flexibility index (Phi) is 3.06. The molecule has 1 aromatic carbocycles. The van der Waals surface area contributed by atoms with Crippen LogP contribution >= 0.6 is 0 Å². The number of ketones is 1. The molecule has 1 N–H and O–H groups in total. The minimum absolute atomic E-state index is 0.00782. The Morgan fingerprint density at radius 2 is 2.00 bits per heavy atom. The van der Waals surface area contributed by atoms with E-state index >= 15 is 0 Å². The van der Waals surface area contributed by atoms with Crippen LogP contribution in [0.5, 0.6) is 5.88 Å². The SMILES string of the molecule is CCOC(=O)C(=O)c1c(O)n(C)c2ccccc12. The number of Topliss-reactive ketones (excluding diaryl/α,β-unsaturated/α-hetero) is 1. The fraction of sp³-hybridized carbons (Fsp3) is 0.231. The molecule has 1 heterocycles. The summed E-state index contributed by atoms with van der Waals surface area (Å²) in [5.41, 5.74) is 0.675.